The van der Waals surface area contributed by atoms with E-state index >= 15 is 0 Å². The van der Waals surface area contributed by atoms with Gasteiger partial charge in [0.2, 0.25) is 0 Å². The Morgan fingerprint density at radius 1 is 1.11 bits per heavy atom. The first-order valence-electron chi connectivity index (χ1n) is 6.76. The molecule has 3 N–H and O–H groups in total. The van der Waals surface area contributed by atoms with Crippen LogP contribution < -0.4 is 15.8 Å². The Kier molecular flexibility index (Phi) is 5.30. The largest absolute Gasteiger partial charge is 0.494 e. The highest BCUT2D eigenvalue weighted by Gasteiger charge is 2.07. The van der Waals surface area contributed by atoms with Crippen LogP contribution >= 0.6 is 0 Å². The number of piperazine rings is 1. The van der Waals surface area contributed by atoms with Gasteiger partial charge in [0.1, 0.15) is 5.75 Å². The number of hydrogen-bond donors (Lipinski definition) is 2. The molecule has 0 radical (unpaired) electrons. The van der Waals surface area contributed by atoms with Crippen molar-refractivity contribution in [3.05, 3.63) is 24.3 Å². The number of rotatable bonds is 6. The molecule has 0 aromatic heterocycles. The van der Waals surface area contributed by atoms with Crippen molar-refractivity contribution in [1.29, 1.82) is 0 Å². The number of unbranched alkanes of at least 4 members (excludes halogenated alkanes) is 1. The first-order chi connectivity index (χ1) is 8.84. The van der Waals surface area contributed by atoms with Crippen LogP contribution in [0.3, 0.4) is 0 Å². The van der Waals surface area contributed by atoms with Crippen LogP contribution in [0.15, 0.2) is 24.3 Å². The fourth-order valence-electron chi connectivity index (χ4n) is 2.13. The average Bonchev–Trinajstić information content (AvgIpc) is 2.42. The molecule has 0 amide bonds. The lowest BCUT2D eigenvalue weighted by Gasteiger charge is -2.26. The molecule has 0 bridgehead atoms. The van der Waals surface area contributed by atoms with Crippen molar-refractivity contribution in [2.45, 2.75) is 12.8 Å². The van der Waals surface area contributed by atoms with Gasteiger partial charge in [-0.15, -0.1) is 0 Å². The summed E-state index contributed by atoms with van der Waals surface area (Å²) in [6.45, 7) is 6.59. The Labute approximate surface area is 109 Å². The van der Waals surface area contributed by atoms with Crippen LogP contribution in [0, 0.1) is 0 Å². The van der Waals surface area contributed by atoms with Crippen molar-refractivity contribution in [1.82, 2.24) is 10.2 Å². The molecule has 0 aliphatic carbocycles. The van der Waals surface area contributed by atoms with E-state index in [-0.39, 0.29) is 0 Å². The molecule has 4 heteroatoms. The van der Waals surface area contributed by atoms with Gasteiger partial charge in [-0.3, -0.25) is 0 Å². The van der Waals surface area contributed by atoms with Crippen molar-refractivity contribution in [2.75, 3.05) is 45.1 Å². The number of anilines is 1. The molecule has 1 aliphatic heterocycles. The second kappa shape index (κ2) is 7.24. The minimum Gasteiger partial charge on any atom is -0.494 e. The van der Waals surface area contributed by atoms with Gasteiger partial charge in [0.05, 0.1) is 6.61 Å². The molecule has 0 unspecified atom stereocenters. The van der Waals surface area contributed by atoms with E-state index in [0.29, 0.717) is 0 Å². The second-order valence-corrected chi connectivity index (χ2v) is 4.72. The molecule has 1 heterocycles. The number of nitrogens with two attached hydrogens (primary N) is 1. The molecule has 0 atom stereocenters. The minimum absolute atomic E-state index is 0.779. The highest BCUT2D eigenvalue weighted by atomic mass is 16.5. The summed E-state index contributed by atoms with van der Waals surface area (Å²) in [6, 6.07) is 7.59. The summed E-state index contributed by atoms with van der Waals surface area (Å²) >= 11 is 0. The Hall–Kier alpha value is -1.26. The Bertz CT molecular complexity index is 333. The third-order valence-electron chi connectivity index (χ3n) is 3.23. The third kappa shape index (κ3) is 4.55. The van der Waals surface area contributed by atoms with Gasteiger partial charge in [-0.1, -0.05) is 0 Å². The van der Waals surface area contributed by atoms with E-state index in [1.54, 1.807) is 0 Å². The predicted octanol–water partition coefficient (Wildman–Crippen LogP) is 1.33. The standard InChI is InChI=1S/C14H23N3O/c15-13-3-5-14(6-4-13)18-12-2-1-9-17-10-7-16-8-11-17/h3-6,16H,1-2,7-12,15H2. The highest BCUT2D eigenvalue weighted by Crippen LogP contribution is 2.13. The highest BCUT2D eigenvalue weighted by molar-refractivity contribution is 5.41. The van der Waals surface area contributed by atoms with Crippen LogP contribution in [0.4, 0.5) is 5.69 Å². The lowest BCUT2D eigenvalue weighted by atomic mass is 10.2. The van der Waals surface area contributed by atoms with Crippen LogP contribution in [-0.2, 0) is 0 Å². The Balaban J connectivity index is 1.54. The number of nitrogens with one attached hydrogen (secondary N) is 1. The predicted molar refractivity (Wildman–Crippen MR) is 74.9 cm³/mol. The third-order valence-corrected chi connectivity index (χ3v) is 3.23. The zero-order chi connectivity index (χ0) is 12.6. The zero-order valence-corrected chi connectivity index (χ0v) is 10.9. The molecule has 0 saturated carbocycles. The van der Waals surface area contributed by atoms with E-state index in [9.17, 15) is 0 Å². The molecule has 1 fully saturated rings. The SMILES string of the molecule is Nc1ccc(OCCCCN2CCNCC2)cc1. The van der Waals surface area contributed by atoms with E-state index in [0.717, 1.165) is 37.6 Å². The van der Waals surface area contributed by atoms with Gasteiger partial charge in [-0.2, -0.15) is 0 Å². The van der Waals surface area contributed by atoms with Crippen molar-refractivity contribution >= 4 is 5.69 Å². The van der Waals surface area contributed by atoms with Gasteiger partial charge >= 0.3 is 0 Å². The maximum Gasteiger partial charge on any atom is 0.119 e. The summed E-state index contributed by atoms with van der Waals surface area (Å²) < 4.78 is 5.66. The van der Waals surface area contributed by atoms with Crippen LogP contribution in [-0.4, -0.2) is 44.2 Å². The van der Waals surface area contributed by atoms with Gasteiger partial charge in [0.25, 0.3) is 0 Å². The molecule has 18 heavy (non-hydrogen) atoms. The Morgan fingerprint density at radius 3 is 2.56 bits per heavy atom. The normalized spacial score (nSPS) is 16.7. The minimum atomic E-state index is 0.779. The summed E-state index contributed by atoms with van der Waals surface area (Å²) in [4.78, 5) is 2.51. The molecule has 1 aromatic carbocycles. The van der Waals surface area contributed by atoms with Gasteiger partial charge in [-0.25, -0.2) is 0 Å². The zero-order valence-electron chi connectivity index (χ0n) is 10.9. The summed E-state index contributed by atoms with van der Waals surface area (Å²) in [5, 5.41) is 3.37. The molecular weight excluding hydrogens is 226 g/mol. The van der Waals surface area contributed by atoms with Crippen molar-refractivity contribution in [3.8, 4) is 5.75 Å². The number of benzene rings is 1. The molecule has 1 aromatic rings. The molecule has 1 aliphatic rings. The molecule has 1 saturated heterocycles. The average molecular weight is 249 g/mol. The first kappa shape index (κ1) is 13.2. The Morgan fingerprint density at radius 2 is 1.83 bits per heavy atom. The van der Waals surface area contributed by atoms with Crippen molar-refractivity contribution in [3.63, 3.8) is 0 Å². The number of ether oxygens (including phenoxy) is 1. The fourth-order valence-corrected chi connectivity index (χ4v) is 2.13. The fraction of sp³-hybridized carbons (Fsp3) is 0.571. The van der Waals surface area contributed by atoms with Gasteiger partial charge in [0.15, 0.2) is 0 Å². The topological polar surface area (TPSA) is 50.5 Å². The van der Waals surface area contributed by atoms with E-state index < -0.39 is 0 Å². The lowest BCUT2D eigenvalue weighted by molar-refractivity contribution is 0.226. The van der Waals surface area contributed by atoms with Crippen LogP contribution in [0.5, 0.6) is 5.75 Å². The summed E-state index contributed by atoms with van der Waals surface area (Å²) in [6.07, 6.45) is 2.31. The van der Waals surface area contributed by atoms with Crippen molar-refractivity contribution in [2.24, 2.45) is 0 Å². The van der Waals surface area contributed by atoms with Crippen LogP contribution in [0.2, 0.25) is 0 Å². The maximum absolute atomic E-state index is 5.66. The smallest absolute Gasteiger partial charge is 0.119 e. The summed E-state index contributed by atoms with van der Waals surface area (Å²) in [5.74, 6) is 0.909. The summed E-state index contributed by atoms with van der Waals surface area (Å²) in [5.41, 5.74) is 6.40. The molecule has 2 rings (SSSR count). The van der Waals surface area contributed by atoms with E-state index in [1.165, 1.54) is 26.1 Å². The van der Waals surface area contributed by atoms with Gasteiger partial charge in [0, 0.05) is 31.9 Å². The van der Waals surface area contributed by atoms with Gasteiger partial charge < -0.3 is 20.7 Å². The van der Waals surface area contributed by atoms with Crippen molar-refractivity contribution < 1.29 is 4.74 Å². The maximum atomic E-state index is 5.66. The molecular formula is C14H23N3O. The van der Waals surface area contributed by atoms with E-state index in [2.05, 4.69) is 10.2 Å². The lowest BCUT2D eigenvalue weighted by Crippen LogP contribution is -2.43. The molecule has 0 spiro atoms. The quantitative estimate of drug-likeness (QED) is 0.590. The number of hydrogen-bond acceptors (Lipinski definition) is 4. The van der Waals surface area contributed by atoms with Crippen LogP contribution in [0.1, 0.15) is 12.8 Å². The number of nitrogens with zero attached hydrogens (tertiary/aromatic N) is 1. The first-order valence-corrected chi connectivity index (χ1v) is 6.76. The molecule has 100 valence electrons. The molecule has 4 nitrogen and oxygen atoms in total. The van der Waals surface area contributed by atoms with E-state index in [1.807, 2.05) is 24.3 Å². The second-order valence-electron chi connectivity index (χ2n) is 4.72. The van der Waals surface area contributed by atoms with Gasteiger partial charge in [-0.05, 0) is 43.7 Å². The van der Waals surface area contributed by atoms with Crippen LogP contribution in [0.25, 0.3) is 0 Å². The monoisotopic (exact) mass is 249 g/mol. The summed E-state index contributed by atoms with van der Waals surface area (Å²) in [7, 11) is 0. The van der Waals surface area contributed by atoms with E-state index in [4.69, 9.17) is 10.5 Å². The number of nitrogen functional groups attached to an aromatic ring is 1.